The first kappa shape index (κ1) is 11.6. The van der Waals surface area contributed by atoms with Crippen molar-refractivity contribution < 1.29 is 0 Å². The summed E-state index contributed by atoms with van der Waals surface area (Å²) < 4.78 is 4.13. The van der Waals surface area contributed by atoms with Crippen molar-refractivity contribution in [2.75, 3.05) is 5.73 Å². The maximum absolute atomic E-state index is 6.10. The van der Waals surface area contributed by atoms with Crippen molar-refractivity contribution in [2.24, 2.45) is 13.0 Å². The third kappa shape index (κ3) is 1.53. The molecule has 0 aromatic carbocycles. The lowest BCUT2D eigenvalue weighted by Gasteiger charge is -2.05. The largest absolute Gasteiger partial charge is 0.369 e. The highest BCUT2D eigenvalue weighted by molar-refractivity contribution is 5.78. The molecule has 0 spiro atoms. The molecule has 2 aromatic rings. The highest BCUT2D eigenvalue weighted by Crippen LogP contribution is 2.48. The summed E-state index contributed by atoms with van der Waals surface area (Å²) in [6, 6.07) is 0.532. The van der Waals surface area contributed by atoms with Crippen LogP contribution in [0.15, 0.2) is 0 Å². The molecule has 0 radical (unpaired) electrons. The Hall–Kier alpha value is -1.52. The van der Waals surface area contributed by atoms with E-state index >= 15 is 0 Å². The number of hydrogen-bond donors (Lipinski definition) is 1. The van der Waals surface area contributed by atoms with E-state index in [1.807, 2.05) is 11.7 Å². The molecule has 98 valence electrons. The second-order valence-electron chi connectivity index (χ2n) is 5.30. The molecule has 1 aliphatic carbocycles. The van der Waals surface area contributed by atoms with E-state index in [1.165, 1.54) is 12.8 Å². The van der Waals surface area contributed by atoms with E-state index in [0.29, 0.717) is 12.0 Å². The lowest BCUT2D eigenvalue weighted by atomic mass is 10.2. The molecular weight excluding hydrogens is 226 g/mol. The summed E-state index contributed by atoms with van der Waals surface area (Å²) in [5.41, 5.74) is 9.27. The van der Waals surface area contributed by atoms with Gasteiger partial charge >= 0.3 is 0 Å². The van der Waals surface area contributed by atoms with Crippen LogP contribution in [0.1, 0.15) is 44.8 Å². The average molecular weight is 247 g/mol. The molecule has 1 saturated carbocycles. The summed E-state index contributed by atoms with van der Waals surface area (Å²) in [6.45, 7) is 4.40. The summed E-state index contributed by atoms with van der Waals surface area (Å²) >= 11 is 0. The molecule has 2 aromatic heterocycles. The van der Waals surface area contributed by atoms with Gasteiger partial charge in [-0.3, -0.25) is 9.25 Å². The Morgan fingerprint density at radius 3 is 2.78 bits per heavy atom. The number of fused-ring (bicyclic) bond motifs is 1. The van der Waals surface area contributed by atoms with E-state index in [4.69, 9.17) is 5.73 Å². The van der Waals surface area contributed by atoms with E-state index in [-0.39, 0.29) is 0 Å². The van der Waals surface area contributed by atoms with Crippen LogP contribution in [0.3, 0.4) is 0 Å². The Labute approximate surface area is 107 Å². The molecule has 18 heavy (non-hydrogen) atoms. The van der Waals surface area contributed by atoms with E-state index < -0.39 is 0 Å². The van der Waals surface area contributed by atoms with Crippen LogP contribution in [-0.4, -0.2) is 19.3 Å². The predicted octanol–water partition coefficient (Wildman–Crippen LogP) is 2.28. The first-order valence-corrected chi connectivity index (χ1v) is 6.86. The van der Waals surface area contributed by atoms with Crippen molar-refractivity contribution in [3.05, 3.63) is 5.69 Å². The molecule has 1 aliphatic rings. The molecule has 5 nitrogen and oxygen atoms in total. The molecule has 5 heteroatoms. The minimum atomic E-state index is 0.532. The van der Waals surface area contributed by atoms with Gasteiger partial charge < -0.3 is 5.73 Å². The fraction of sp³-hybridized carbons (Fsp3) is 0.692. The van der Waals surface area contributed by atoms with Gasteiger partial charge in [0.1, 0.15) is 5.52 Å². The van der Waals surface area contributed by atoms with E-state index in [1.54, 1.807) is 0 Å². The van der Waals surface area contributed by atoms with Gasteiger partial charge in [-0.15, -0.1) is 0 Å². The zero-order valence-electron chi connectivity index (χ0n) is 11.3. The Bertz CT molecular complexity index is 580. The molecule has 3 rings (SSSR count). The van der Waals surface area contributed by atoms with Gasteiger partial charge in [-0.25, -0.2) is 4.98 Å². The quantitative estimate of drug-likeness (QED) is 0.901. The number of rotatable bonds is 4. The molecule has 2 atom stereocenters. The number of nitrogen functional groups attached to an aromatic ring is 1. The predicted molar refractivity (Wildman–Crippen MR) is 72.3 cm³/mol. The summed E-state index contributed by atoms with van der Waals surface area (Å²) in [5.74, 6) is 1.41. The number of anilines is 1. The van der Waals surface area contributed by atoms with Crippen LogP contribution < -0.4 is 5.73 Å². The molecule has 0 bridgehead atoms. The molecule has 0 saturated heterocycles. The zero-order valence-corrected chi connectivity index (χ0v) is 11.3. The molecule has 0 aliphatic heterocycles. The van der Waals surface area contributed by atoms with Crippen LogP contribution in [-0.2, 0) is 13.5 Å². The second-order valence-corrected chi connectivity index (χ2v) is 5.30. The van der Waals surface area contributed by atoms with Crippen molar-refractivity contribution in [2.45, 2.75) is 45.6 Å². The van der Waals surface area contributed by atoms with Crippen molar-refractivity contribution in [1.29, 1.82) is 0 Å². The van der Waals surface area contributed by atoms with Crippen molar-refractivity contribution in [3.8, 4) is 0 Å². The second kappa shape index (κ2) is 4.00. The number of imidazole rings is 1. The maximum Gasteiger partial charge on any atom is 0.202 e. The fourth-order valence-electron chi connectivity index (χ4n) is 2.94. The van der Waals surface area contributed by atoms with E-state index in [2.05, 4.69) is 28.5 Å². The molecule has 2 unspecified atom stereocenters. The van der Waals surface area contributed by atoms with Gasteiger partial charge in [0.2, 0.25) is 5.95 Å². The highest BCUT2D eigenvalue weighted by Gasteiger charge is 2.40. The third-order valence-electron chi connectivity index (χ3n) is 3.99. The summed E-state index contributed by atoms with van der Waals surface area (Å²) in [4.78, 5) is 4.54. The average Bonchev–Trinajstić information content (AvgIpc) is 2.95. The van der Waals surface area contributed by atoms with Crippen molar-refractivity contribution >= 4 is 17.1 Å². The first-order chi connectivity index (χ1) is 8.67. The Kier molecular flexibility index (Phi) is 2.57. The molecule has 1 fully saturated rings. The van der Waals surface area contributed by atoms with Crippen molar-refractivity contribution in [3.63, 3.8) is 0 Å². The van der Waals surface area contributed by atoms with Crippen LogP contribution in [0.25, 0.3) is 11.2 Å². The van der Waals surface area contributed by atoms with Gasteiger partial charge in [0.25, 0.3) is 0 Å². The Morgan fingerprint density at radius 1 is 1.39 bits per heavy atom. The van der Waals surface area contributed by atoms with Gasteiger partial charge in [-0.2, -0.15) is 5.10 Å². The summed E-state index contributed by atoms with van der Waals surface area (Å²) in [5, 5.41) is 4.58. The lowest BCUT2D eigenvalue weighted by Crippen LogP contribution is -2.06. The molecule has 0 amide bonds. The van der Waals surface area contributed by atoms with Gasteiger partial charge in [0.15, 0.2) is 5.65 Å². The van der Waals surface area contributed by atoms with E-state index in [9.17, 15) is 0 Å². The van der Waals surface area contributed by atoms with Gasteiger partial charge in [-0.1, -0.05) is 26.7 Å². The minimum absolute atomic E-state index is 0.532. The fourth-order valence-corrected chi connectivity index (χ4v) is 2.94. The van der Waals surface area contributed by atoms with Crippen LogP contribution in [0.4, 0.5) is 5.95 Å². The minimum Gasteiger partial charge on any atom is -0.369 e. The first-order valence-electron chi connectivity index (χ1n) is 6.86. The molecule has 2 heterocycles. The molecular formula is C13H21N5. The molecule has 2 N–H and O–H groups in total. The highest BCUT2D eigenvalue weighted by atomic mass is 15.4. The normalized spacial score (nSPS) is 22.8. The number of hydrogen-bond acceptors (Lipinski definition) is 3. The summed E-state index contributed by atoms with van der Waals surface area (Å²) in [6.07, 6.45) is 4.49. The van der Waals surface area contributed by atoms with Gasteiger partial charge in [-0.05, 0) is 18.8 Å². The number of nitrogens with two attached hydrogens (primary N) is 1. The standard InChI is InChI=1S/C13H21N5/c1-4-6-9-11-12(17(3)16-9)18(13(14)15-11)10-7-8(10)5-2/h8,10H,4-7H2,1-3H3,(H2,14,15). The van der Waals surface area contributed by atoms with Gasteiger partial charge in [0.05, 0.1) is 5.69 Å². The SMILES string of the molecule is CCCc1nn(C)c2c1nc(N)n2C1CC1CC. The van der Waals surface area contributed by atoms with E-state index in [0.717, 1.165) is 35.6 Å². The summed E-state index contributed by atoms with van der Waals surface area (Å²) in [7, 11) is 1.99. The van der Waals surface area contributed by atoms with Crippen molar-refractivity contribution in [1.82, 2.24) is 19.3 Å². The van der Waals surface area contributed by atoms with Gasteiger partial charge in [0, 0.05) is 13.1 Å². The Balaban J connectivity index is 2.11. The Morgan fingerprint density at radius 2 is 2.17 bits per heavy atom. The number of aromatic nitrogens is 4. The smallest absolute Gasteiger partial charge is 0.202 e. The van der Waals surface area contributed by atoms with Crippen LogP contribution in [0.5, 0.6) is 0 Å². The topological polar surface area (TPSA) is 61.7 Å². The van der Waals surface area contributed by atoms with Crippen LogP contribution >= 0.6 is 0 Å². The number of aryl methyl sites for hydroxylation is 2. The number of nitrogens with zero attached hydrogens (tertiary/aromatic N) is 4. The zero-order chi connectivity index (χ0) is 12.9. The van der Waals surface area contributed by atoms with Crippen LogP contribution in [0, 0.1) is 5.92 Å². The monoisotopic (exact) mass is 247 g/mol. The third-order valence-corrected chi connectivity index (χ3v) is 3.99. The maximum atomic E-state index is 6.10. The lowest BCUT2D eigenvalue weighted by molar-refractivity contribution is 0.636. The van der Waals surface area contributed by atoms with Crippen LogP contribution in [0.2, 0.25) is 0 Å².